The molecule has 18 heavy (non-hydrogen) atoms. The molecular weight excluding hydrogens is 257 g/mol. The smallest absolute Gasteiger partial charge is 0.186 e. The number of fused-ring (bicyclic) bond motifs is 1. The Kier molecular flexibility index (Phi) is 2.99. The first-order chi connectivity index (χ1) is 8.81. The van der Waals surface area contributed by atoms with Gasteiger partial charge in [-0.1, -0.05) is 17.3 Å². The minimum Gasteiger partial charge on any atom is -0.411 e. The number of rotatable bonds is 2. The fourth-order valence-electron chi connectivity index (χ4n) is 2.04. The summed E-state index contributed by atoms with van der Waals surface area (Å²) in [6, 6.07) is 4.85. The molecule has 0 spiro atoms. The molecule has 0 unspecified atom stereocenters. The number of thiophene rings is 1. The van der Waals surface area contributed by atoms with Crippen LogP contribution in [0, 0.1) is 5.82 Å². The van der Waals surface area contributed by atoms with E-state index in [9.17, 15) is 4.39 Å². The first-order valence-electron chi connectivity index (χ1n) is 5.43. The number of halogens is 1. The molecule has 1 aromatic heterocycles. The van der Waals surface area contributed by atoms with Gasteiger partial charge >= 0.3 is 0 Å². The van der Waals surface area contributed by atoms with Gasteiger partial charge in [0.15, 0.2) is 6.29 Å². The van der Waals surface area contributed by atoms with Gasteiger partial charge in [-0.25, -0.2) is 4.39 Å². The molecule has 1 aliphatic heterocycles. The summed E-state index contributed by atoms with van der Waals surface area (Å²) in [6.45, 7) is 1.01. The van der Waals surface area contributed by atoms with E-state index in [1.807, 2.05) is 6.07 Å². The van der Waals surface area contributed by atoms with Crippen LogP contribution in [0.15, 0.2) is 23.4 Å². The molecule has 1 aromatic carbocycles. The van der Waals surface area contributed by atoms with Crippen LogP contribution < -0.4 is 0 Å². The van der Waals surface area contributed by atoms with Crippen LogP contribution in [-0.2, 0) is 9.47 Å². The molecule has 1 saturated heterocycles. The molecule has 1 N–H and O–H groups in total. The van der Waals surface area contributed by atoms with Gasteiger partial charge in [-0.05, 0) is 6.07 Å². The van der Waals surface area contributed by atoms with Crippen LogP contribution in [0.4, 0.5) is 4.39 Å². The summed E-state index contributed by atoms with van der Waals surface area (Å²) in [4.78, 5) is 0.643. The second-order valence-electron chi connectivity index (χ2n) is 3.81. The van der Waals surface area contributed by atoms with E-state index in [-0.39, 0.29) is 5.82 Å². The van der Waals surface area contributed by atoms with Crippen LogP contribution in [0.5, 0.6) is 0 Å². The van der Waals surface area contributed by atoms with Crippen molar-refractivity contribution in [2.24, 2.45) is 5.16 Å². The SMILES string of the molecule is ON=Cc1sc2c(F)cccc2c1C1OCCO1. The molecule has 1 fully saturated rings. The van der Waals surface area contributed by atoms with Gasteiger partial charge in [0.05, 0.1) is 29.0 Å². The molecular formula is C12H10FNO3S. The topological polar surface area (TPSA) is 51.1 Å². The monoisotopic (exact) mass is 267 g/mol. The zero-order chi connectivity index (χ0) is 12.5. The quantitative estimate of drug-likeness (QED) is 0.517. The van der Waals surface area contributed by atoms with Gasteiger partial charge in [0.25, 0.3) is 0 Å². The van der Waals surface area contributed by atoms with Crippen molar-refractivity contribution >= 4 is 27.6 Å². The lowest BCUT2D eigenvalue weighted by molar-refractivity contribution is -0.0428. The van der Waals surface area contributed by atoms with E-state index in [1.54, 1.807) is 6.07 Å². The van der Waals surface area contributed by atoms with Gasteiger partial charge < -0.3 is 14.7 Å². The summed E-state index contributed by atoms with van der Waals surface area (Å²) in [7, 11) is 0. The fraction of sp³-hybridized carbons (Fsp3) is 0.250. The second-order valence-corrected chi connectivity index (χ2v) is 4.87. The highest BCUT2D eigenvalue weighted by molar-refractivity contribution is 7.20. The number of hydrogen-bond acceptors (Lipinski definition) is 5. The van der Waals surface area contributed by atoms with Crippen molar-refractivity contribution in [2.45, 2.75) is 6.29 Å². The summed E-state index contributed by atoms with van der Waals surface area (Å²) in [6.07, 6.45) is 0.762. The molecule has 0 bridgehead atoms. The van der Waals surface area contributed by atoms with Crippen molar-refractivity contribution in [3.8, 4) is 0 Å². The Morgan fingerprint density at radius 1 is 1.39 bits per heavy atom. The lowest BCUT2D eigenvalue weighted by atomic mass is 10.1. The van der Waals surface area contributed by atoms with Gasteiger partial charge in [0, 0.05) is 10.9 Å². The fourth-order valence-corrected chi connectivity index (χ4v) is 3.13. The molecule has 4 nitrogen and oxygen atoms in total. The van der Waals surface area contributed by atoms with Crippen molar-refractivity contribution in [3.05, 3.63) is 34.5 Å². The van der Waals surface area contributed by atoms with E-state index < -0.39 is 6.29 Å². The van der Waals surface area contributed by atoms with E-state index in [1.165, 1.54) is 23.6 Å². The van der Waals surface area contributed by atoms with Crippen LogP contribution in [-0.4, -0.2) is 24.6 Å². The summed E-state index contributed by atoms with van der Waals surface area (Å²) in [5, 5.41) is 12.4. The van der Waals surface area contributed by atoms with E-state index in [4.69, 9.17) is 14.7 Å². The predicted octanol–water partition coefficient (Wildman–Crippen LogP) is 2.89. The van der Waals surface area contributed by atoms with E-state index in [0.29, 0.717) is 22.8 Å². The second kappa shape index (κ2) is 4.64. The van der Waals surface area contributed by atoms with Crippen molar-refractivity contribution in [1.82, 2.24) is 0 Å². The largest absolute Gasteiger partial charge is 0.411 e. The zero-order valence-electron chi connectivity index (χ0n) is 9.30. The molecule has 0 amide bonds. The van der Waals surface area contributed by atoms with E-state index in [0.717, 1.165) is 10.9 Å². The van der Waals surface area contributed by atoms with Crippen molar-refractivity contribution in [1.29, 1.82) is 0 Å². The third kappa shape index (κ3) is 1.78. The van der Waals surface area contributed by atoms with Crippen LogP contribution in [0.1, 0.15) is 16.7 Å². The van der Waals surface area contributed by atoms with Gasteiger partial charge in [0.1, 0.15) is 5.82 Å². The molecule has 2 aromatic rings. The van der Waals surface area contributed by atoms with Gasteiger partial charge in [-0.15, -0.1) is 11.3 Å². The molecule has 1 aliphatic rings. The number of hydrogen-bond donors (Lipinski definition) is 1. The van der Waals surface area contributed by atoms with Gasteiger partial charge in [0.2, 0.25) is 0 Å². The summed E-state index contributed by atoms with van der Waals surface area (Å²) in [5.74, 6) is -0.297. The van der Waals surface area contributed by atoms with Crippen LogP contribution >= 0.6 is 11.3 Å². The van der Waals surface area contributed by atoms with E-state index in [2.05, 4.69) is 5.16 Å². The lowest BCUT2D eigenvalue weighted by Gasteiger charge is -2.09. The maximum Gasteiger partial charge on any atom is 0.186 e. The number of ether oxygens (including phenoxy) is 2. The first-order valence-corrected chi connectivity index (χ1v) is 6.24. The average Bonchev–Trinajstić information content (AvgIpc) is 2.96. The molecule has 0 saturated carbocycles. The summed E-state index contributed by atoms with van der Waals surface area (Å²) >= 11 is 1.22. The predicted molar refractivity (Wildman–Crippen MR) is 65.8 cm³/mol. The average molecular weight is 267 g/mol. The number of oxime groups is 1. The third-order valence-corrected chi connectivity index (χ3v) is 3.93. The molecule has 6 heteroatoms. The summed E-state index contributed by atoms with van der Waals surface area (Å²) in [5.41, 5.74) is 0.727. The van der Waals surface area contributed by atoms with Crippen LogP contribution in [0.2, 0.25) is 0 Å². The Morgan fingerprint density at radius 2 is 2.17 bits per heavy atom. The Hall–Kier alpha value is -1.50. The number of nitrogens with zero attached hydrogens (tertiary/aromatic N) is 1. The number of benzene rings is 1. The molecule has 3 rings (SSSR count). The molecule has 0 radical (unpaired) electrons. The zero-order valence-corrected chi connectivity index (χ0v) is 10.1. The first kappa shape index (κ1) is 11.6. The highest BCUT2D eigenvalue weighted by Gasteiger charge is 2.26. The van der Waals surface area contributed by atoms with Gasteiger partial charge in [-0.2, -0.15) is 0 Å². The standard InChI is InChI=1S/C12H10FNO3S/c13-8-3-1-2-7-10(12-16-4-5-17-12)9(6-14-15)18-11(7)8/h1-3,6,12,15H,4-5H2. The highest BCUT2D eigenvalue weighted by atomic mass is 32.1. The Balaban J connectivity index is 2.24. The Labute approximate surface area is 106 Å². The normalized spacial score (nSPS) is 17.2. The van der Waals surface area contributed by atoms with Crippen molar-refractivity contribution in [3.63, 3.8) is 0 Å². The van der Waals surface area contributed by atoms with Crippen LogP contribution in [0.3, 0.4) is 0 Å². The Morgan fingerprint density at radius 3 is 2.89 bits per heavy atom. The van der Waals surface area contributed by atoms with Crippen LogP contribution in [0.25, 0.3) is 10.1 Å². The van der Waals surface area contributed by atoms with E-state index >= 15 is 0 Å². The minimum atomic E-state index is -0.520. The summed E-state index contributed by atoms with van der Waals surface area (Å²) < 4.78 is 25.1. The highest BCUT2D eigenvalue weighted by Crippen LogP contribution is 2.38. The maximum absolute atomic E-state index is 13.7. The van der Waals surface area contributed by atoms with Crippen molar-refractivity contribution < 1.29 is 19.1 Å². The molecule has 94 valence electrons. The van der Waals surface area contributed by atoms with Crippen molar-refractivity contribution in [2.75, 3.05) is 13.2 Å². The maximum atomic E-state index is 13.7. The van der Waals surface area contributed by atoms with Gasteiger partial charge in [-0.3, -0.25) is 0 Å². The molecule has 0 aliphatic carbocycles. The molecule has 0 atom stereocenters. The molecule has 2 heterocycles. The Bertz CT molecular complexity index is 605. The third-order valence-electron chi connectivity index (χ3n) is 2.77. The lowest BCUT2D eigenvalue weighted by Crippen LogP contribution is -2.00. The minimum absolute atomic E-state index is 0.297.